The van der Waals surface area contributed by atoms with Gasteiger partial charge in [0.15, 0.2) is 11.6 Å². The summed E-state index contributed by atoms with van der Waals surface area (Å²) in [7, 11) is 0. The molecular formula is C12H16BrClFN3. The van der Waals surface area contributed by atoms with Gasteiger partial charge in [0.1, 0.15) is 0 Å². The number of aromatic nitrogens is 1. The molecule has 2 rings (SSSR count). The van der Waals surface area contributed by atoms with Gasteiger partial charge in [-0.25, -0.2) is 9.37 Å². The zero-order chi connectivity index (χ0) is 13.0. The van der Waals surface area contributed by atoms with Gasteiger partial charge in [0.05, 0.1) is 5.02 Å². The Morgan fingerprint density at radius 1 is 1.33 bits per heavy atom. The predicted molar refractivity (Wildman–Crippen MR) is 76.3 cm³/mol. The Bertz CT molecular complexity index is 405. The van der Waals surface area contributed by atoms with Gasteiger partial charge in [-0.1, -0.05) is 27.5 Å². The third-order valence-electron chi connectivity index (χ3n) is 3.08. The number of nitrogens with zero attached hydrogens (tertiary/aromatic N) is 3. The van der Waals surface area contributed by atoms with Gasteiger partial charge in [-0.15, -0.1) is 0 Å². The van der Waals surface area contributed by atoms with E-state index in [1.54, 1.807) is 0 Å². The fraction of sp³-hybridized carbons (Fsp3) is 0.583. The molecule has 0 saturated carbocycles. The predicted octanol–water partition coefficient (Wildman–Crippen LogP) is 2.78. The van der Waals surface area contributed by atoms with Crippen molar-refractivity contribution in [2.45, 2.75) is 6.42 Å². The van der Waals surface area contributed by atoms with Crippen molar-refractivity contribution >= 4 is 33.3 Å². The van der Waals surface area contributed by atoms with Crippen molar-refractivity contribution < 1.29 is 4.39 Å². The van der Waals surface area contributed by atoms with Crippen LogP contribution in [0.5, 0.6) is 0 Å². The van der Waals surface area contributed by atoms with E-state index in [9.17, 15) is 4.39 Å². The number of anilines is 1. The minimum Gasteiger partial charge on any atom is -0.353 e. The first-order chi connectivity index (χ1) is 8.70. The Balaban J connectivity index is 2.05. The van der Waals surface area contributed by atoms with Crippen LogP contribution in [0.3, 0.4) is 0 Å². The van der Waals surface area contributed by atoms with E-state index in [-0.39, 0.29) is 5.82 Å². The monoisotopic (exact) mass is 335 g/mol. The average molecular weight is 337 g/mol. The Hall–Kier alpha value is -0.390. The average Bonchev–Trinajstić information content (AvgIpc) is 2.55. The summed E-state index contributed by atoms with van der Waals surface area (Å²) < 4.78 is 13.8. The van der Waals surface area contributed by atoms with Gasteiger partial charge in [-0.2, -0.15) is 0 Å². The van der Waals surface area contributed by atoms with Crippen LogP contribution in [-0.2, 0) is 0 Å². The van der Waals surface area contributed by atoms with Gasteiger partial charge >= 0.3 is 0 Å². The van der Waals surface area contributed by atoms with Crippen molar-refractivity contribution in [1.82, 2.24) is 9.88 Å². The molecule has 3 nitrogen and oxygen atoms in total. The molecule has 0 aliphatic carbocycles. The van der Waals surface area contributed by atoms with Gasteiger partial charge in [0.25, 0.3) is 0 Å². The molecule has 6 heteroatoms. The lowest BCUT2D eigenvalue weighted by atomic mass is 10.3. The van der Waals surface area contributed by atoms with Crippen LogP contribution in [0.15, 0.2) is 12.3 Å². The van der Waals surface area contributed by atoms with Crippen LogP contribution >= 0.6 is 27.5 Å². The Morgan fingerprint density at radius 2 is 2.17 bits per heavy atom. The van der Waals surface area contributed by atoms with Crippen LogP contribution in [0.1, 0.15) is 6.42 Å². The zero-order valence-electron chi connectivity index (χ0n) is 10.1. The van der Waals surface area contributed by atoms with Crippen LogP contribution in [0.25, 0.3) is 0 Å². The minimum absolute atomic E-state index is 0.337. The van der Waals surface area contributed by atoms with E-state index in [0.29, 0.717) is 10.8 Å². The highest BCUT2D eigenvalue weighted by Crippen LogP contribution is 2.20. The maximum absolute atomic E-state index is 13.8. The topological polar surface area (TPSA) is 19.4 Å². The van der Waals surface area contributed by atoms with Crippen molar-refractivity contribution in [3.8, 4) is 0 Å². The molecule has 1 aliphatic heterocycles. The molecule has 0 aromatic carbocycles. The van der Waals surface area contributed by atoms with E-state index >= 15 is 0 Å². The summed E-state index contributed by atoms with van der Waals surface area (Å²) in [6.07, 6.45) is 2.53. The molecule has 2 heterocycles. The largest absolute Gasteiger partial charge is 0.353 e. The molecule has 1 saturated heterocycles. The van der Waals surface area contributed by atoms with E-state index in [2.05, 4.69) is 25.8 Å². The summed E-state index contributed by atoms with van der Waals surface area (Å²) in [4.78, 5) is 8.48. The number of pyridine rings is 1. The first-order valence-electron chi connectivity index (χ1n) is 6.05. The lowest BCUT2D eigenvalue weighted by Crippen LogP contribution is -2.32. The summed E-state index contributed by atoms with van der Waals surface area (Å²) in [6.45, 7) is 4.67. The Labute approximate surface area is 120 Å². The second-order valence-corrected chi connectivity index (χ2v) is 5.56. The molecule has 0 radical (unpaired) electrons. The van der Waals surface area contributed by atoms with Gasteiger partial charge in [0.2, 0.25) is 0 Å². The minimum atomic E-state index is -0.337. The fourth-order valence-electron chi connectivity index (χ4n) is 2.17. The molecule has 1 aromatic rings. The van der Waals surface area contributed by atoms with Gasteiger partial charge in [-0.05, 0) is 19.0 Å². The standard InChI is InChI=1S/C12H16BrClFN3/c13-2-5-17-3-1-4-18(7-6-17)12-11(15)8-10(14)9-16-12/h8-9H,1-7H2. The van der Waals surface area contributed by atoms with E-state index in [1.807, 2.05) is 4.90 Å². The molecular weight excluding hydrogens is 321 g/mol. The fourth-order valence-corrected chi connectivity index (χ4v) is 2.81. The van der Waals surface area contributed by atoms with Crippen LogP contribution in [0.4, 0.5) is 10.2 Å². The van der Waals surface area contributed by atoms with E-state index in [0.717, 1.165) is 44.5 Å². The van der Waals surface area contributed by atoms with Crippen LogP contribution in [0, 0.1) is 5.82 Å². The summed E-state index contributed by atoms with van der Waals surface area (Å²) in [6, 6.07) is 1.32. The second-order valence-electron chi connectivity index (χ2n) is 4.33. The Morgan fingerprint density at radius 3 is 2.89 bits per heavy atom. The lowest BCUT2D eigenvalue weighted by molar-refractivity contribution is 0.313. The quantitative estimate of drug-likeness (QED) is 0.791. The molecule has 0 N–H and O–H groups in total. The highest BCUT2D eigenvalue weighted by Gasteiger charge is 2.18. The smallest absolute Gasteiger partial charge is 0.167 e. The molecule has 0 bridgehead atoms. The number of halogens is 3. The van der Waals surface area contributed by atoms with E-state index in [1.165, 1.54) is 12.3 Å². The molecule has 0 unspecified atom stereocenters. The van der Waals surface area contributed by atoms with Gasteiger partial charge in [-0.3, -0.25) is 0 Å². The number of hydrogen-bond donors (Lipinski definition) is 0. The molecule has 18 heavy (non-hydrogen) atoms. The van der Waals surface area contributed by atoms with Crippen molar-refractivity contribution in [2.24, 2.45) is 0 Å². The molecule has 0 spiro atoms. The summed E-state index contributed by atoms with van der Waals surface area (Å²) in [5.74, 6) is 0.0801. The highest BCUT2D eigenvalue weighted by molar-refractivity contribution is 9.09. The third-order valence-corrected chi connectivity index (χ3v) is 3.64. The highest BCUT2D eigenvalue weighted by atomic mass is 79.9. The van der Waals surface area contributed by atoms with Crippen molar-refractivity contribution in [2.75, 3.05) is 43.0 Å². The van der Waals surface area contributed by atoms with E-state index < -0.39 is 0 Å². The molecule has 1 aromatic heterocycles. The van der Waals surface area contributed by atoms with Gasteiger partial charge < -0.3 is 9.80 Å². The third kappa shape index (κ3) is 3.56. The first-order valence-corrected chi connectivity index (χ1v) is 7.55. The van der Waals surface area contributed by atoms with Crippen molar-refractivity contribution in [3.05, 3.63) is 23.1 Å². The van der Waals surface area contributed by atoms with Crippen LogP contribution in [-0.4, -0.2) is 47.9 Å². The second kappa shape index (κ2) is 6.68. The molecule has 0 atom stereocenters. The number of hydrogen-bond acceptors (Lipinski definition) is 3. The van der Waals surface area contributed by atoms with E-state index in [4.69, 9.17) is 11.6 Å². The zero-order valence-corrected chi connectivity index (χ0v) is 12.4. The van der Waals surface area contributed by atoms with Crippen molar-refractivity contribution in [3.63, 3.8) is 0 Å². The molecule has 1 aliphatic rings. The SMILES string of the molecule is Fc1cc(Cl)cnc1N1CCCN(CCBr)CC1. The summed E-state index contributed by atoms with van der Waals surface area (Å²) in [5, 5.41) is 1.31. The molecule has 1 fully saturated rings. The maximum atomic E-state index is 13.8. The first kappa shape index (κ1) is 14.0. The van der Waals surface area contributed by atoms with Gasteiger partial charge in [0, 0.05) is 37.7 Å². The number of alkyl halides is 1. The van der Waals surface area contributed by atoms with Crippen LogP contribution < -0.4 is 4.90 Å². The molecule has 0 amide bonds. The van der Waals surface area contributed by atoms with Crippen molar-refractivity contribution in [1.29, 1.82) is 0 Å². The summed E-state index contributed by atoms with van der Waals surface area (Å²) >= 11 is 9.17. The summed E-state index contributed by atoms with van der Waals surface area (Å²) in [5.41, 5.74) is 0. The Kier molecular flexibility index (Phi) is 5.21. The van der Waals surface area contributed by atoms with Crippen LogP contribution in [0.2, 0.25) is 5.02 Å². The maximum Gasteiger partial charge on any atom is 0.167 e. The lowest BCUT2D eigenvalue weighted by Gasteiger charge is -2.22. The normalized spacial score (nSPS) is 17.8. The number of rotatable bonds is 3. The molecule has 100 valence electrons.